The number of hydrogen-bond acceptors (Lipinski definition) is 3. The van der Waals surface area contributed by atoms with E-state index in [1.807, 2.05) is 61.5 Å². The highest BCUT2D eigenvalue weighted by Gasteiger charge is 2.17. The summed E-state index contributed by atoms with van der Waals surface area (Å²) in [6.45, 7) is 2.57. The van der Waals surface area contributed by atoms with Crippen molar-refractivity contribution in [3.05, 3.63) is 77.3 Å². The third-order valence-corrected chi connectivity index (χ3v) is 5.63. The van der Waals surface area contributed by atoms with E-state index < -0.39 is 6.10 Å². The van der Waals surface area contributed by atoms with Gasteiger partial charge in [0, 0.05) is 23.1 Å². The van der Waals surface area contributed by atoms with Crippen molar-refractivity contribution in [2.45, 2.75) is 25.2 Å². The van der Waals surface area contributed by atoms with Crippen molar-refractivity contribution in [3.8, 4) is 5.75 Å². The smallest absolute Gasteiger partial charge is 0.261 e. The molecule has 0 spiro atoms. The van der Waals surface area contributed by atoms with Crippen LogP contribution >= 0.6 is 23.4 Å². The molecule has 1 N–H and O–H groups in total. The van der Waals surface area contributed by atoms with Gasteiger partial charge in [-0.05, 0) is 47.0 Å². The number of ether oxygens (including phenoxy) is 1. The van der Waals surface area contributed by atoms with Crippen molar-refractivity contribution in [3.63, 3.8) is 0 Å². The van der Waals surface area contributed by atoms with Gasteiger partial charge >= 0.3 is 0 Å². The first-order chi connectivity index (χ1) is 13.7. The van der Waals surface area contributed by atoms with E-state index in [2.05, 4.69) is 17.4 Å². The largest absolute Gasteiger partial charge is 0.481 e. The fourth-order valence-corrected chi connectivity index (χ4v) is 3.92. The Hall–Kier alpha value is -2.17. The lowest BCUT2D eigenvalue weighted by atomic mass is 10.1. The number of carbonyl (C=O) groups is 1. The lowest BCUT2D eigenvalue weighted by Crippen LogP contribution is -2.39. The number of benzene rings is 3. The minimum Gasteiger partial charge on any atom is -0.481 e. The number of amides is 1. The van der Waals surface area contributed by atoms with Gasteiger partial charge in [0.25, 0.3) is 5.91 Å². The van der Waals surface area contributed by atoms with Crippen molar-refractivity contribution in [2.24, 2.45) is 0 Å². The fourth-order valence-electron chi connectivity index (χ4n) is 2.90. The van der Waals surface area contributed by atoms with E-state index in [0.29, 0.717) is 13.0 Å². The summed E-state index contributed by atoms with van der Waals surface area (Å²) in [4.78, 5) is 12.5. The molecule has 0 aromatic heterocycles. The summed E-state index contributed by atoms with van der Waals surface area (Å²) in [5.41, 5.74) is 1.19. The predicted molar refractivity (Wildman–Crippen MR) is 119 cm³/mol. The highest BCUT2D eigenvalue weighted by molar-refractivity contribution is 7.98. The molecule has 3 rings (SSSR count). The predicted octanol–water partition coefficient (Wildman–Crippen LogP) is 5.70. The number of thioether (sulfide) groups is 1. The Morgan fingerprint density at radius 2 is 1.89 bits per heavy atom. The topological polar surface area (TPSA) is 38.3 Å². The van der Waals surface area contributed by atoms with Gasteiger partial charge in [-0.3, -0.25) is 4.79 Å². The van der Waals surface area contributed by atoms with Crippen LogP contribution in [0.25, 0.3) is 10.8 Å². The van der Waals surface area contributed by atoms with Gasteiger partial charge in [-0.1, -0.05) is 61.0 Å². The molecule has 0 bridgehead atoms. The zero-order valence-corrected chi connectivity index (χ0v) is 17.4. The fraction of sp³-hybridized carbons (Fsp3) is 0.261. The van der Waals surface area contributed by atoms with Crippen LogP contribution in [0, 0.1) is 0 Å². The molecule has 1 amide bonds. The summed E-state index contributed by atoms with van der Waals surface area (Å²) in [5.74, 6) is 2.36. The molecule has 3 nitrogen and oxygen atoms in total. The number of nitrogens with one attached hydrogen (secondary N) is 1. The van der Waals surface area contributed by atoms with Gasteiger partial charge < -0.3 is 10.1 Å². The number of rotatable bonds is 9. The second-order valence-electron chi connectivity index (χ2n) is 6.50. The molecule has 0 aliphatic rings. The second kappa shape index (κ2) is 10.4. The second-order valence-corrected chi connectivity index (χ2v) is 8.04. The lowest BCUT2D eigenvalue weighted by Gasteiger charge is -2.17. The van der Waals surface area contributed by atoms with Gasteiger partial charge in [-0.15, -0.1) is 0 Å². The molecule has 0 aliphatic heterocycles. The van der Waals surface area contributed by atoms with E-state index in [1.54, 1.807) is 11.8 Å². The monoisotopic (exact) mass is 413 g/mol. The van der Waals surface area contributed by atoms with Crippen LogP contribution in [-0.2, 0) is 10.5 Å². The molecule has 0 saturated heterocycles. The number of halogens is 1. The van der Waals surface area contributed by atoms with Crippen LogP contribution in [0.1, 0.15) is 18.9 Å². The summed E-state index contributed by atoms with van der Waals surface area (Å²) in [6, 6.07) is 21.9. The van der Waals surface area contributed by atoms with Crippen LogP contribution < -0.4 is 10.1 Å². The van der Waals surface area contributed by atoms with E-state index in [1.165, 1.54) is 5.56 Å². The molecule has 5 heteroatoms. The van der Waals surface area contributed by atoms with Gasteiger partial charge in [0.1, 0.15) is 5.75 Å². The molecule has 0 fully saturated rings. The van der Waals surface area contributed by atoms with Crippen LogP contribution in [0.3, 0.4) is 0 Å². The van der Waals surface area contributed by atoms with E-state index in [0.717, 1.165) is 33.1 Å². The summed E-state index contributed by atoms with van der Waals surface area (Å²) in [6.07, 6.45) is 0.132. The Morgan fingerprint density at radius 1 is 1.07 bits per heavy atom. The first-order valence-corrected chi connectivity index (χ1v) is 10.9. The Balaban J connectivity index is 1.45. The summed E-state index contributed by atoms with van der Waals surface area (Å²) < 4.78 is 5.94. The number of carbonyl (C=O) groups excluding carboxylic acids is 1. The van der Waals surface area contributed by atoms with Crippen molar-refractivity contribution < 1.29 is 9.53 Å². The van der Waals surface area contributed by atoms with Crippen molar-refractivity contribution in [1.82, 2.24) is 5.32 Å². The van der Waals surface area contributed by atoms with Gasteiger partial charge in [0.05, 0.1) is 0 Å². The normalized spacial score (nSPS) is 11.9. The SMILES string of the molecule is CCC(Oc1ccc2ccccc2c1)C(=O)NCCSCc1cccc(Cl)c1. The molecule has 146 valence electrons. The van der Waals surface area contributed by atoms with Crippen molar-refractivity contribution in [1.29, 1.82) is 0 Å². The van der Waals surface area contributed by atoms with Crippen LogP contribution in [0.5, 0.6) is 5.75 Å². The molecular formula is C23H24ClNO2S. The van der Waals surface area contributed by atoms with Crippen LogP contribution in [-0.4, -0.2) is 24.3 Å². The van der Waals surface area contributed by atoms with E-state index in [9.17, 15) is 4.79 Å². The third kappa shape index (κ3) is 5.91. The van der Waals surface area contributed by atoms with Crippen LogP contribution in [0.4, 0.5) is 0 Å². The van der Waals surface area contributed by atoms with Gasteiger partial charge in [-0.2, -0.15) is 11.8 Å². The third-order valence-electron chi connectivity index (χ3n) is 4.37. The first-order valence-electron chi connectivity index (χ1n) is 9.41. The van der Waals surface area contributed by atoms with Gasteiger partial charge in [-0.25, -0.2) is 0 Å². The zero-order chi connectivity index (χ0) is 19.8. The molecule has 0 aliphatic carbocycles. The van der Waals surface area contributed by atoms with Crippen LogP contribution in [0.2, 0.25) is 5.02 Å². The Morgan fingerprint density at radius 3 is 2.68 bits per heavy atom. The minimum absolute atomic E-state index is 0.0704. The number of hydrogen-bond donors (Lipinski definition) is 1. The molecule has 0 radical (unpaired) electrons. The maximum atomic E-state index is 12.5. The molecule has 3 aromatic carbocycles. The van der Waals surface area contributed by atoms with E-state index >= 15 is 0 Å². The average molecular weight is 414 g/mol. The van der Waals surface area contributed by atoms with Crippen molar-refractivity contribution >= 4 is 40.0 Å². The zero-order valence-electron chi connectivity index (χ0n) is 15.9. The first kappa shape index (κ1) is 20.6. The Kier molecular flexibility index (Phi) is 7.63. The molecule has 1 unspecified atom stereocenters. The van der Waals surface area contributed by atoms with E-state index in [-0.39, 0.29) is 5.91 Å². The minimum atomic E-state index is -0.487. The lowest BCUT2D eigenvalue weighted by molar-refractivity contribution is -0.127. The van der Waals surface area contributed by atoms with Gasteiger partial charge in [0.15, 0.2) is 6.10 Å². The summed E-state index contributed by atoms with van der Waals surface area (Å²) in [7, 11) is 0. The molecule has 28 heavy (non-hydrogen) atoms. The highest BCUT2D eigenvalue weighted by atomic mass is 35.5. The Labute approximate surface area is 175 Å². The average Bonchev–Trinajstić information content (AvgIpc) is 2.71. The standard InChI is InChI=1S/C23H24ClNO2S/c1-2-22(27-21-11-10-18-7-3-4-8-19(18)15-21)23(26)25-12-13-28-16-17-6-5-9-20(24)14-17/h3-11,14-15,22H,2,12-13,16H2,1H3,(H,25,26). The quantitative estimate of drug-likeness (QED) is 0.457. The summed E-state index contributed by atoms with van der Waals surface area (Å²) >= 11 is 7.76. The van der Waals surface area contributed by atoms with E-state index in [4.69, 9.17) is 16.3 Å². The summed E-state index contributed by atoms with van der Waals surface area (Å²) in [5, 5.41) is 5.99. The molecule has 1 atom stereocenters. The highest BCUT2D eigenvalue weighted by Crippen LogP contribution is 2.22. The van der Waals surface area contributed by atoms with Gasteiger partial charge in [0.2, 0.25) is 0 Å². The Bertz CT molecular complexity index is 931. The molecular weight excluding hydrogens is 390 g/mol. The molecule has 0 heterocycles. The van der Waals surface area contributed by atoms with Crippen LogP contribution in [0.15, 0.2) is 66.7 Å². The van der Waals surface area contributed by atoms with Crippen molar-refractivity contribution in [2.75, 3.05) is 12.3 Å². The maximum Gasteiger partial charge on any atom is 0.261 e. The maximum absolute atomic E-state index is 12.5. The molecule has 0 saturated carbocycles. The molecule has 3 aromatic rings. The number of fused-ring (bicyclic) bond motifs is 1.